The number of aromatic hydroxyl groups is 1. The lowest BCUT2D eigenvalue weighted by atomic mass is 10.0. The van der Waals surface area contributed by atoms with Crippen molar-refractivity contribution in [1.82, 2.24) is 10.2 Å². The number of fused-ring (bicyclic) bond motifs is 1. The van der Waals surface area contributed by atoms with Crippen LogP contribution < -0.4 is 10.6 Å². The largest absolute Gasteiger partial charge is 0.508 e. The zero-order chi connectivity index (χ0) is 28.6. The van der Waals surface area contributed by atoms with E-state index in [1.54, 1.807) is 39.0 Å². The van der Waals surface area contributed by atoms with Gasteiger partial charge in [0.1, 0.15) is 23.4 Å². The van der Waals surface area contributed by atoms with Crippen LogP contribution in [0.2, 0.25) is 0 Å². The number of carbonyl (C=O) groups is 3. The summed E-state index contributed by atoms with van der Waals surface area (Å²) in [5.74, 6) is -0.779. The molecule has 0 fully saturated rings. The summed E-state index contributed by atoms with van der Waals surface area (Å²) < 4.78 is 5.34. The molecule has 2 atom stereocenters. The maximum Gasteiger partial charge on any atom is 0.408 e. The van der Waals surface area contributed by atoms with Crippen LogP contribution in [-0.4, -0.2) is 51.6 Å². The van der Waals surface area contributed by atoms with Gasteiger partial charge in [-0.3, -0.25) is 14.5 Å². The number of nitrogens with one attached hydrogen (secondary N) is 2. The summed E-state index contributed by atoms with van der Waals surface area (Å²) in [6.07, 6.45) is 7.18. The lowest BCUT2D eigenvalue weighted by Crippen LogP contribution is -2.51. The van der Waals surface area contributed by atoms with Crippen molar-refractivity contribution in [1.29, 1.82) is 0 Å². The van der Waals surface area contributed by atoms with Crippen LogP contribution in [0.5, 0.6) is 5.75 Å². The normalized spacial score (nSPS) is 12.6. The number of thioether (sulfide) groups is 1. The monoisotopic (exact) mass is 547 g/mol. The minimum Gasteiger partial charge on any atom is -0.508 e. The molecule has 204 valence electrons. The molecular formula is C30H33N3O5S. The van der Waals surface area contributed by atoms with Gasteiger partial charge in [0.05, 0.1) is 0 Å². The molecule has 0 aliphatic rings. The van der Waals surface area contributed by atoms with Crippen LogP contribution >= 0.6 is 11.8 Å². The molecule has 9 heteroatoms. The van der Waals surface area contributed by atoms with Crippen molar-refractivity contribution < 1.29 is 24.2 Å². The van der Waals surface area contributed by atoms with Crippen LogP contribution in [-0.2, 0) is 14.3 Å². The van der Waals surface area contributed by atoms with Crippen LogP contribution in [0.1, 0.15) is 38.8 Å². The van der Waals surface area contributed by atoms with E-state index >= 15 is 0 Å². The molecule has 0 aromatic heterocycles. The third-order valence-corrected chi connectivity index (χ3v) is 6.33. The molecule has 3 aromatic rings. The predicted octanol–water partition coefficient (Wildman–Crippen LogP) is 5.29. The minimum atomic E-state index is -1.29. The Morgan fingerprint density at radius 1 is 1.05 bits per heavy atom. The smallest absolute Gasteiger partial charge is 0.408 e. The molecule has 0 heterocycles. The fraction of sp³-hybridized carbons (Fsp3) is 0.300. The van der Waals surface area contributed by atoms with E-state index in [4.69, 9.17) is 11.2 Å². The summed E-state index contributed by atoms with van der Waals surface area (Å²) in [5, 5.41) is 17.5. The van der Waals surface area contributed by atoms with Crippen molar-refractivity contribution in [3.63, 3.8) is 0 Å². The molecule has 3 aromatic carbocycles. The number of phenolic OH excluding ortho intramolecular Hbond substituents is 1. The number of nitrogens with zero attached hydrogens (tertiary/aromatic N) is 1. The van der Waals surface area contributed by atoms with E-state index in [9.17, 15) is 19.5 Å². The molecule has 3 rings (SSSR count). The van der Waals surface area contributed by atoms with E-state index in [1.165, 1.54) is 23.9 Å². The Balaban J connectivity index is 1.96. The topological polar surface area (TPSA) is 108 Å². The summed E-state index contributed by atoms with van der Waals surface area (Å²) in [7, 11) is 0. The summed E-state index contributed by atoms with van der Waals surface area (Å²) in [5.41, 5.74) is 0.0480. The summed E-state index contributed by atoms with van der Waals surface area (Å²) in [4.78, 5) is 41.0. The molecule has 0 saturated heterocycles. The molecule has 0 saturated carbocycles. The lowest BCUT2D eigenvalue weighted by Gasteiger charge is -2.30. The first kappa shape index (κ1) is 29.4. The molecule has 0 aliphatic carbocycles. The predicted molar refractivity (Wildman–Crippen MR) is 155 cm³/mol. The number of rotatable bonds is 9. The van der Waals surface area contributed by atoms with Gasteiger partial charge in [-0.15, -0.1) is 0 Å². The van der Waals surface area contributed by atoms with E-state index in [2.05, 4.69) is 16.7 Å². The molecule has 0 radical (unpaired) electrons. The van der Waals surface area contributed by atoms with Gasteiger partial charge in [0.2, 0.25) is 0 Å². The molecule has 8 nitrogen and oxygen atoms in total. The second kappa shape index (κ2) is 13.1. The van der Waals surface area contributed by atoms with Crippen molar-refractivity contribution in [3.05, 3.63) is 72.3 Å². The zero-order valence-corrected chi connectivity index (χ0v) is 23.2. The molecule has 2 unspecified atom stereocenters. The van der Waals surface area contributed by atoms with Crippen molar-refractivity contribution >= 4 is 46.1 Å². The Hall–Kier alpha value is -4.16. The average molecular weight is 548 g/mol. The van der Waals surface area contributed by atoms with Crippen molar-refractivity contribution in [3.8, 4) is 18.2 Å². The Kier molecular flexibility index (Phi) is 9.85. The van der Waals surface area contributed by atoms with Crippen LogP contribution in [0.3, 0.4) is 0 Å². The Morgan fingerprint density at radius 3 is 2.41 bits per heavy atom. The summed E-state index contributed by atoms with van der Waals surface area (Å²) >= 11 is 1.50. The third kappa shape index (κ3) is 8.16. The second-order valence-electron chi connectivity index (χ2n) is 9.87. The van der Waals surface area contributed by atoms with Gasteiger partial charge < -0.3 is 20.5 Å². The van der Waals surface area contributed by atoms with Gasteiger partial charge in [-0.2, -0.15) is 11.8 Å². The quantitative estimate of drug-likeness (QED) is 0.248. The fourth-order valence-electron chi connectivity index (χ4n) is 3.97. The highest BCUT2D eigenvalue weighted by Crippen LogP contribution is 2.28. The van der Waals surface area contributed by atoms with Crippen LogP contribution in [0.25, 0.3) is 10.8 Å². The van der Waals surface area contributed by atoms with E-state index in [1.807, 2.05) is 42.7 Å². The number of hydrogen-bond donors (Lipinski definition) is 3. The molecule has 0 aliphatic heterocycles. The Bertz CT molecular complexity index is 1380. The Labute approximate surface area is 233 Å². The van der Waals surface area contributed by atoms with Gasteiger partial charge >= 0.3 is 6.09 Å². The van der Waals surface area contributed by atoms with E-state index in [-0.39, 0.29) is 12.2 Å². The Morgan fingerprint density at radius 2 is 1.77 bits per heavy atom. The number of anilines is 1. The van der Waals surface area contributed by atoms with Crippen molar-refractivity contribution in [2.75, 3.05) is 17.3 Å². The first-order chi connectivity index (χ1) is 18.5. The van der Waals surface area contributed by atoms with Crippen molar-refractivity contribution in [2.24, 2.45) is 0 Å². The van der Waals surface area contributed by atoms with Gasteiger partial charge in [-0.1, -0.05) is 48.9 Å². The number of amides is 3. The van der Waals surface area contributed by atoms with Crippen LogP contribution in [0.4, 0.5) is 10.5 Å². The summed E-state index contributed by atoms with van der Waals surface area (Å²) in [6, 6.07) is 19.1. The number of phenols is 1. The number of benzene rings is 3. The summed E-state index contributed by atoms with van der Waals surface area (Å²) in [6.45, 7) is 5.15. The van der Waals surface area contributed by atoms with Gasteiger partial charge in [-0.25, -0.2) is 4.79 Å². The van der Waals surface area contributed by atoms with Crippen LogP contribution in [0, 0.1) is 12.5 Å². The van der Waals surface area contributed by atoms with E-state index in [0.717, 1.165) is 15.7 Å². The average Bonchev–Trinajstić information content (AvgIpc) is 2.88. The van der Waals surface area contributed by atoms with Gasteiger partial charge in [0.15, 0.2) is 0 Å². The number of carbonyl (C=O) groups excluding carboxylic acids is 3. The van der Waals surface area contributed by atoms with Gasteiger partial charge in [-0.05, 0) is 79.8 Å². The molecular weight excluding hydrogens is 514 g/mol. The van der Waals surface area contributed by atoms with Gasteiger partial charge in [0, 0.05) is 11.7 Å². The first-order valence-electron chi connectivity index (χ1n) is 12.4. The molecule has 3 N–H and O–H groups in total. The number of hydrogen-bond acceptors (Lipinski definition) is 6. The van der Waals surface area contributed by atoms with Crippen molar-refractivity contribution in [2.45, 2.75) is 44.9 Å². The highest BCUT2D eigenvalue weighted by atomic mass is 32.2. The highest BCUT2D eigenvalue weighted by Gasteiger charge is 2.36. The lowest BCUT2D eigenvalue weighted by molar-refractivity contribution is -0.136. The number of alkyl carbamates (subject to hydrolysis) is 1. The number of ether oxygens (including phenoxy) is 1. The maximum atomic E-state index is 13.8. The van der Waals surface area contributed by atoms with Gasteiger partial charge in [0.25, 0.3) is 11.8 Å². The molecule has 39 heavy (non-hydrogen) atoms. The fourth-order valence-corrected chi connectivity index (χ4v) is 4.44. The molecule has 3 amide bonds. The highest BCUT2D eigenvalue weighted by molar-refractivity contribution is 7.98. The molecule has 0 bridgehead atoms. The first-order valence-corrected chi connectivity index (χ1v) is 13.8. The second-order valence-corrected chi connectivity index (χ2v) is 10.9. The molecule has 0 spiro atoms. The van der Waals surface area contributed by atoms with Crippen LogP contribution in [0.15, 0.2) is 66.7 Å². The SMILES string of the molecule is C#CN(C(=O)C(CCSC)NC(=O)OC(C)(C)C)C(C(=O)Nc1ccc2ccccc2c1)c1cccc(O)c1. The van der Waals surface area contributed by atoms with E-state index in [0.29, 0.717) is 17.0 Å². The zero-order valence-electron chi connectivity index (χ0n) is 22.4. The van der Waals surface area contributed by atoms with E-state index < -0.39 is 35.6 Å². The standard InChI is InChI=1S/C30H33N3O5S/c1-6-33(28(36)25(16-17-39-5)32-29(37)38-30(2,3)4)26(22-12-9-13-24(34)19-22)27(35)31-23-15-14-20-10-7-8-11-21(20)18-23/h1,7-15,18-19,25-26,34H,16-17H2,2-5H3,(H,31,35)(H,32,37). The minimum absolute atomic E-state index is 0.0914. The maximum absolute atomic E-state index is 13.8. The third-order valence-electron chi connectivity index (χ3n) is 5.69. The number of terminal acetylenes is 1.